The third-order valence-corrected chi connectivity index (χ3v) is 4.55. The number of nitrogens with one attached hydrogen (secondary N) is 2. The highest BCUT2D eigenvalue weighted by molar-refractivity contribution is 6.15. The van der Waals surface area contributed by atoms with Crippen LogP contribution < -0.4 is 0 Å². The van der Waals surface area contributed by atoms with Crippen LogP contribution in [0.1, 0.15) is 38.9 Å². The molecule has 0 bridgehead atoms. The molecule has 0 radical (unpaired) electrons. The van der Waals surface area contributed by atoms with Gasteiger partial charge < -0.3 is 5.41 Å². The third kappa shape index (κ3) is 2.21. The number of fused-ring (bicyclic) bond motifs is 2. The molecule has 106 valence electrons. The second-order valence-electron chi connectivity index (χ2n) is 5.97. The molecule has 0 aromatic heterocycles. The van der Waals surface area contributed by atoms with Crippen molar-refractivity contribution in [2.75, 3.05) is 0 Å². The van der Waals surface area contributed by atoms with E-state index in [-0.39, 0.29) is 0 Å². The van der Waals surface area contributed by atoms with E-state index in [4.69, 9.17) is 10.8 Å². The molecule has 2 N–H and O–H groups in total. The first-order valence-electron chi connectivity index (χ1n) is 7.32. The van der Waals surface area contributed by atoms with Crippen molar-refractivity contribution >= 4 is 11.4 Å². The van der Waals surface area contributed by atoms with Crippen LogP contribution >= 0.6 is 0 Å². The van der Waals surface area contributed by atoms with Crippen molar-refractivity contribution in [1.82, 2.24) is 0 Å². The SMILES string of the molecule is Cc1ccc2c(c1C)C(=N)c1cccc(C)c1CC(=N)C2. The minimum absolute atomic E-state index is 0.609. The topological polar surface area (TPSA) is 47.7 Å². The van der Waals surface area contributed by atoms with Crippen LogP contribution in [0.2, 0.25) is 0 Å². The highest BCUT2D eigenvalue weighted by Crippen LogP contribution is 2.28. The van der Waals surface area contributed by atoms with E-state index in [0.717, 1.165) is 28.0 Å². The summed E-state index contributed by atoms with van der Waals surface area (Å²) < 4.78 is 0. The number of aryl methyl sites for hydroxylation is 2. The fourth-order valence-electron chi connectivity index (χ4n) is 3.18. The van der Waals surface area contributed by atoms with Gasteiger partial charge in [-0.2, -0.15) is 0 Å². The molecule has 0 amide bonds. The summed E-state index contributed by atoms with van der Waals surface area (Å²) in [6.45, 7) is 6.25. The number of hydrogen-bond donors (Lipinski definition) is 2. The zero-order valence-corrected chi connectivity index (χ0v) is 12.8. The molecule has 1 aliphatic rings. The Morgan fingerprint density at radius 1 is 0.857 bits per heavy atom. The normalized spacial score (nSPS) is 14.2. The van der Waals surface area contributed by atoms with Gasteiger partial charge in [0.1, 0.15) is 0 Å². The van der Waals surface area contributed by atoms with Gasteiger partial charge in [0.25, 0.3) is 0 Å². The first-order chi connectivity index (χ1) is 9.99. The van der Waals surface area contributed by atoms with Gasteiger partial charge in [0.05, 0.1) is 5.71 Å². The van der Waals surface area contributed by atoms with Crippen LogP contribution in [0.5, 0.6) is 0 Å². The molecule has 0 heterocycles. The molecule has 2 heteroatoms. The standard InChI is InChI=1S/C19H20N2/c1-11-7-8-14-9-15(20)10-17-12(2)5-4-6-16(17)19(21)18(14)13(11)3/h4-8,20-21H,9-10H2,1-3H3. The minimum atomic E-state index is 0.609. The molecule has 0 spiro atoms. The number of rotatable bonds is 0. The Bertz CT molecular complexity index is 769. The van der Waals surface area contributed by atoms with Crippen molar-refractivity contribution in [3.63, 3.8) is 0 Å². The minimum Gasteiger partial charge on any atom is -0.309 e. The van der Waals surface area contributed by atoms with Gasteiger partial charge in [-0.15, -0.1) is 0 Å². The second-order valence-corrected chi connectivity index (χ2v) is 5.97. The summed E-state index contributed by atoms with van der Waals surface area (Å²) in [7, 11) is 0. The van der Waals surface area contributed by atoms with E-state index in [1.807, 2.05) is 12.1 Å². The molecule has 0 atom stereocenters. The number of benzene rings is 2. The lowest BCUT2D eigenvalue weighted by Gasteiger charge is -2.22. The predicted molar refractivity (Wildman–Crippen MR) is 88.2 cm³/mol. The largest absolute Gasteiger partial charge is 0.309 e. The second kappa shape index (κ2) is 4.96. The van der Waals surface area contributed by atoms with Crippen molar-refractivity contribution in [3.8, 4) is 0 Å². The van der Waals surface area contributed by atoms with E-state index in [9.17, 15) is 0 Å². The summed E-state index contributed by atoms with van der Waals surface area (Å²) in [5.74, 6) is 0. The third-order valence-electron chi connectivity index (χ3n) is 4.55. The van der Waals surface area contributed by atoms with Crippen LogP contribution in [0.4, 0.5) is 0 Å². The first kappa shape index (κ1) is 13.7. The Balaban J connectivity index is 2.32. The number of hydrogen-bond acceptors (Lipinski definition) is 2. The van der Waals surface area contributed by atoms with Gasteiger partial charge in [-0.05, 0) is 48.6 Å². The summed E-state index contributed by atoms with van der Waals surface area (Å²) in [5, 5.41) is 17.0. The van der Waals surface area contributed by atoms with Gasteiger partial charge in [-0.3, -0.25) is 5.41 Å². The van der Waals surface area contributed by atoms with Crippen molar-refractivity contribution in [1.29, 1.82) is 10.8 Å². The maximum absolute atomic E-state index is 8.72. The van der Waals surface area contributed by atoms with Gasteiger partial charge in [0, 0.05) is 29.7 Å². The lowest BCUT2D eigenvalue weighted by Crippen LogP contribution is -2.20. The summed E-state index contributed by atoms with van der Waals surface area (Å²) in [6, 6.07) is 10.3. The van der Waals surface area contributed by atoms with Gasteiger partial charge >= 0.3 is 0 Å². The van der Waals surface area contributed by atoms with Crippen LogP contribution in [-0.4, -0.2) is 11.4 Å². The van der Waals surface area contributed by atoms with Crippen molar-refractivity contribution < 1.29 is 0 Å². The first-order valence-corrected chi connectivity index (χ1v) is 7.32. The Hall–Kier alpha value is -2.22. The van der Waals surface area contributed by atoms with E-state index in [0.29, 0.717) is 18.6 Å². The summed E-state index contributed by atoms with van der Waals surface area (Å²) >= 11 is 0. The highest BCUT2D eigenvalue weighted by atomic mass is 14.5. The van der Waals surface area contributed by atoms with Gasteiger partial charge in [0.2, 0.25) is 0 Å². The summed E-state index contributed by atoms with van der Waals surface area (Å²) in [5.41, 5.74) is 9.13. The maximum atomic E-state index is 8.72. The van der Waals surface area contributed by atoms with E-state index in [2.05, 4.69) is 39.0 Å². The maximum Gasteiger partial charge on any atom is 0.0693 e. The molecule has 2 nitrogen and oxygen atoms in total. The average Bonchev–Trinajstić information content (AvgIpc) is 2.43. The van der Waals surface area contributed by atoms with E-state index in [1.54, 1.807) is 0 Å². The monoisotopic (exact) mass is 276 g/mol. The molecular formula is C19H20N2. The van der Waals surface area contributed by atoms with Crippen molar-refractivity contribution in [2.45, 2.75) is 33.6 Å². The smallest absolute Gasteiger partial charge is 0.0693 e. The summed E-state index contributed by atoms with van der Waals surface area (Å²) in [6.07, 6.45) is 1.29. The molecule has 2 aromatic carbocycles. The van der Waals surface area contributed by atoms with E-state index in [1.165, 1.54) is 16.7 Å². The average molecular weight is 276 g/mol. The Labute approximate surface area is 125 Å². The molecule has 0 unspecified atom stereocenters. The molecule has 0 saturated carbocycles. The molecule has 0 fully saturated rings. The molecule has 2 aromatic rings. The molecular weight excluding hydrogens is 256 g/mol. The molecule has 0 saturated heterocycles. The molecule has 21 heavy (non-hydrogen) atoms. The van der Waals surface area contributed by atoms with Crippen LogP contribution in [0.25, 0.3) is 0 Å². The Morgan fingerprint density at radius 2 is 1.62 bits per heavy atom. The highest BCUT2D eigenvalue weighted by Gasteiger charge is 2.22. The fourth-order valence-corrected chi connectivity index (χ4v) is 3.18. The zero-order valence-electron chi connectivity index (χ0n) is 12.8. The molecule has 0 aliphatic heterocycles. The predicted octanol–water partition coefficient (Wildman–Crippen LogP) is 4.15. The lowest BCUT2D eigenvalue weighted by molar-refractivity contribution is 1.12. The van der Waals surface area contributed by atoms with Crippen molar-refractivity contribution in [3.05, 3.63) is 69.3 Å². The quantitative estimate of drug-likeness (QED) is 0.726. The van der Waals surface area contributed by atoms with Gasteiger partial charge in [-0.25, -0.2) is 0 Å². The van der Waals surface area contributed by atoms with Crippen molar-refractivity contribution in [2.24, 2.45) is 0 Å². The van der Waals surface area contributed by atoms with E-state index < -0.39 is 0 Å². The van der Waals surface area contributed by atoms with Gasteiger partial charge in [0.15, 0.2) is 0 Å². The van der Waals surface area contributed by atoms with Crippen LogP contribution in [0.15, 0.2) is 30.3 Å². The Kier molecular flexibility index (Phi) is 3.25. The molecule has 3 rings (SSSR count). The van der Waals surface area contributed by atoms with Crippen LogP contribution in [0, 0.1) is 31.6 Å². The molecule has 1 aliphatic carbocycles. The fraction of sp³-hybridized carbons (Fsp3) is 0.263. The van der Waals surface area contributed by atoms with E-state index >= 15 is 0 Å². The van der Waals surface area contributed by atoms with Crippen LogP contribution in [0.3, 0.4) is 0 Å². The van der Waals surface area contributed by atoms with Gasteiger partial charge in [-0.1, -0.05) is 30.3 Å². The Morgan fingerprint density at radius 3 is 2.38 bits per heavy atom. The summed E-state index contributed by atoms with van der Waals surface area (Å²) in [4.78, 5) is 0. The van der Waals surface area contributed by atoms with Crippen LogP contribution in [-0.2, 0) is 12.8 Å². The lowest BCUT2D eigenvalue weighted by atomic mass is 9.82. The zero-order chi connectivity index (χ0) is 15.1.